The number of nitrogens with one attached hydrogen (secondary N) is 2. The van der Waals surface area contributed by atoms with Crippen molar-refractivity contribution in [2.75, 3.05) is 31.3 Å². The van der Waals surface area contributed by atoms with Crippen LogP contribution < -0.4 is 15.8 Å². The molecule has 0 spiro atoms. The maximum Gasteiger partial charge on any atom is 0.253 e. The van der Waals surface area contributed by atoms with Gasteiger partial charge in [0.1, 0.15) is 0 Å². The SMILES string of the molecule is CCSc1cc(C(=O)NCc2c(C)cc(C)[nH]c2=O)c(C)c(N(CC)[C@H]2CC[C@H](N(C)C)CC2)c1. The molecule has 6 nitrogen and oxygen atoms in total. The average molecular weight is 499 g/mol. The summed E-state index contributed by atoms with van der Waals surface area (Å²) in [5.74, 6) is 0.815. The largest absolute Gasteiger partial charge is 0.369 e. The molecule has 0 bridgehead atoms. The Kier molecular flexibility index (Phi) is 9.47. The number of carbonyl (C=O) groups excluding carboxylic acids is 1. The van der Waals surface area contributed by atoms with Crippen LogP contribution in [0.5, 0.6) is 0 Å². The van der Waals surface area contributed by atoms with Crippen LogP contribution in [0.1, 0.15) is 72.3 Å². The summed E-state index contributed by atoms with van der Waals surface area (Å²) in [7, 11) is 4.35. The highest BCUT2D eigenvalue weighted by molar-refractivity contribution is 7.99. The summed E-state index contributed by atoms with van der Waals surface area (Å²) in [5, 5.41) is 3.02. The van der Waals surface area contributed by atoms with Crippen LogP contribution in [0, 0.1) is 20.8 Å². The van der Waals surface area contributed by atoms with Crippen LogP contribution in [0.2, 0.25) is 0 Å². The van der Waals surface area contributed by atoms with Crippen LogP contribution >= 0.6 is 11.8 Å². The van der Waals surface area contributed by atoms with Gasteiger partial charge in [-0.15, -0.1) is 11.8 Å². The van der Waals surface area contributed by atoms with Crippen molar-refractivity contribution in [3.63, 3.8) is 0 Å². The average Bonchev–Trinajstić information content (AvgIpc) is 2.81. The summed E-state index contributed by atoms with van der Waals surface area (Å²) in [6, 6.07) is 7.35. The molecule has 2 aromatic rings. The van der Waals surface area contributed by atoms with Gasteiger partial charge in [-0.3, -0.25) is 9.59 Å². The molecule has 1 aromatic heterocycles. The van der Waals surface area contributed by atoms with Crippen molar-refractivity contribution in [1.82, 2.24) is 15.2 Å². The van der Waals surface area contributed by atoms with Gasteiger partial charge in [-0.1, -0.05) is 6.92 Å². The third-order valence-corrected chi connectivity index (χ3v) is 8.17. The zero-order valence-electron chi connectivity index (χ0n) is 22.5. The van der Waals surface area contributed by atoms with Gasteiger partial charge < -0.3 is 20.1 Å². The molecule has 3 rings (SSSR count). The molecule has 35 heavy (non-hydrogen) atoms. The molecule has 192 valence electrons. The Balaban J connectivity index is 1.88. The lowest BCUT2D eigenvalue weighted by atomic mass is 9.89. The molecule has 7 heteroatoms. The summed E-state index contributed by atoms with van der Waals surface area (Å²) in [4.78, 5) is 34.6. The van der Waals surface area contributed by atoms with Gasteiger partial charge in [0, 0.05) is 52.6 Å². The fourth-order valence-electron chi connectivity index (χ4n) is 5.33. The van der Waals surface area contributed by atoms with Gasteiger partial charge >= 0.3 is 0 Å². The molecule has 1 aliphatic carbocycles. The van der Waals surface area contributed by atoms with E-state index < -0.39 is 0 Å². The van der Waals surface area contributed by atoms with Gasteiger partial charge in [-0.05, 0) is 103 Å². The number of nitrogens with zero attached hydrogens (tertiary/aromatic N) is 2. The maximum absolute atomic E-state index is 13.4. The Morgan fingerprint density at radius 2 is 1.71 bits per heavy atom. The highest BCUT2D eigenvalue weighted by atomic mass is 32.2. The highest BCUT2D eigenvalue weighted by Gasteiger charge is 2.28. The van der Waals surface area contributed by atoms with E-state index in [1.54, 1.807) is 11.8 Å². The molecule has 1 heterocycles. The number of H-pyrrole nitrogens is 1. The van der Waals surface area contributed by atoms with Crippen LogP contribution in [-0.2, 0) is 6.54 Å². The number of carbonyl (C=O) groups is 1. The van der Waals surface area contributed by atoms with Gasteiger partial charge in [0.2, 0.25) is 0 Å². The Morgan fingerprint density at radius 1 is 1.06 bits per heavy atom. The van der Waals surface area contributed by atoms with Crippen molar-refractivity contribution in [3.05, 3.63) is 56.5 Å². The third-order valence-electron chi connectivity index (χ3n) is 7.32. The second-order valence-electron chi connectivity index (χ2n) is 9.89. The second-order valence-corrected chi connectivity index (χ2v) is 11.2. The minimum absolute atomic E-state index is 0.131. The Bertz CT molecular complexity index is 1090. The monoisotopic (exact) mass is 498 g/mol. The number of amides is 1. The molecule has 0 aliphatic heterocycles. The number of benzene rings is 1. The van der Waals surface area contributed by atoms with Gasteiger partial charge in [0.05, 0.1) is 0 Å². The first-order valence-electron chi connectivity index (χ1n) is 12.8. The Morgan fingerprint density at radius 3 is 2.29 bits per heavy atom. The van der Waals surface area contributed by atoms with E-state index in [4.69, 9.17) is 0 Å². The van der Waals surface area contributed by atoms with Gasteiger partial charge in [0.25, 0.3) is 11.5 Å². The number of rotatable bonds is 9. The summed E-state index contributed by atoms with van der Waals surface area (Å²) >= 11 is 1.76. The number of pyridine rings is 1. The molecule has 1 fully saturated rings. The lowest BCUT2D eigenvalue weighted by Gasteiger charge is -2.40. The predicted octanol–water partition coefficient (Wildman–Crippen LogP) is 5.04. The molecule has 2 N–H and O–H groups in total. The highest BCUT2D eigenvalue weighted by Crippen LogP contribution is 2.35. The molecule has 1 saturated carbocycles. The van der Waals surface area contributed by atoms with Crippen LogP contribution in [0.3, 0.4) is 0 Å². The molecule has 1 aromatic carbocycles. The normalized spacial score (nSPS) is 18.1. The summed E-state index contributed by atoms with van der Waals surface area (Å²) < 4.78 is 0. The number of aromatic nitrogens is 1. The van der Waals surface area contributed by atoms with E-state index in [2.05, 4.69) is 61.0 Å². The molecule has 0 saturated heterocycles. The van der Waals surface area contributed by atoms with E-state index in [1.807, 2.05) is 26.0 Å². The molecule has 0 unspecified atom stereocenters. The second kappa shape index (κ2) is 12.1. The van der Waals surface area contributed by atoms with E-state index in [1.165, 1.54) is 12.8 Å². The minimum Gasteiger partial charge on any atom is -0.369 e. The fraction of sp³-hybridized carbons (Fsp3) is 0.571. The number of anilines is 1. The zero-order valence-corrected chi connectivity index (χ0v) is 23.3. The molecular formula is C28H42N4O2S. The molecule has 1 aliphatic rings. The van der Waals surface area contributed by atoms with Crippen molar-refractivity contribution in [1.29, 1.82) is 0 Å². The van der Waals surface area contributed by atoms with Gasteiger partial charge in [0.15, 0.2) is 0 Å². The predicted molar refractivity (Wildman–Crippen MR) is 148 cm³/mol. The Hall–Kier alpha value is -2.25. The zero-order chi connectivity index (χ0) is 25.7. The molecule has 0 atom stereocenters. The standard InChI is InChI=1S/C28H42N4O2S/c1-8-32(22-12-10-21(11-13-22)31(6)7)26-16-23(35-9-2)15-24(20(26)5)27(33)29-17-25-18(3)14-19(4)30-28(25)34/h14-16,21-22H,8-13,17H2,1-7H3,(H,29,33)(H,30,34)/t21-,22-. The molecule has 0 radical (unpaired) electrons. The summed E-state index contributed by atoms with van der Waals surface area (Å²) in [6.45, 7) is 11.3. The van der Waals surface area contributed by atoms with Gasteiger partial charge in [-0.25, -0.2) is 0 Å². The van der Waals surface area contributed by atoms with E-state index in [-0.39, 0.29) is 18.0 Å². The number of hydrogen-bond donors (Lipinski definition) is 2. The summed E-state index contributed by atoms with van der Waals surface area (Å²) in [5.41, 5.74) is 5.05. The lowest BCUT2D eigenvalue weighted by molar-refractivity contribution is 0.0950. The summed E-state index contributed by atoms with van der Waals surface area (Å²) in [6.07, 6.45) is 4.74. The number of thioether (sulfide) groups is 1. The molecule has 1 amide bonds. The lowest BCUT2D eigenvalue weighted by Crippen LogP contribution is -2.42. The van der Waals surface area contributed by atoms with E-state index in [0.717, 1.165) is 52.5 Å². The topological polar surface area (TPSA) is 68.4 Å². The van der Waals surface area contributed by atoms with Crippen LogP contribution in [0.25, 0.3) is 0 Å². The smallest absolute Gasteiger partial charge is 0.253 e. The van der Waals surface area contributed by atoms with Crippen LogP contribution in [0.4, 0.5) is 5.69 Å². The van der Waals surface area contributed by atoms with Crippen molar-refractivity contribution >= 4 is 23.4 Å². The quantitative estimate of drug-likeness (QED) is 0.474. The van der Waals surface area contributed by atoms with Crippen molar-refractivity contribution < 1.29 is 4.79 Å². The molecular weight excluding hydrogens is 456 g/mol. The van der Waals surface area contributed by atoms with Crippen molar-refractivity contribution in [2.45, 2.75) is 83.8 Å². The first kappa shape index (κ1) is 27.3. The van der Waals surface area contributed by atoms with Crippen molar-refractivity contribution in [2.24, 2.45) is 0 Å². The third kappa shape index (κ3) is 6.50. The van der Waals surface area contributed by atoms with E-state index in [9.17, 15) is 9.59 Å². The minimum atomic E-state index is -0.138. The first-order chi connectivity index (χ1) is 16.7. The van der Waals surface area contributed by atoms with Crippen LogP contribution in [-0.4, -0.2) is 54.3 Å². The van der Waals surface area contributed by atoms with E-state index >= 15 is 0 Å². The van der Waals surface area contributed by atoms with Crippen molar-refractivity contribution in [3.8, 4) is 0 Å². The van der Waals surface area contributed by atoms with E-state index in [0.29, 0.717) is 23.2 Å². The number of aryl methyl sites for hydroxylation is 2. The number of aromatic amines is 1. The maximum atomic E-state index is 13.4. The van der Waals surface area contributed by atoms with Crippen LogP contribution in [0.15, 0.2) is 27.9 Å². The fourth-order valence-corrected chi connectivity index (χ4v) is 6.06. The Labute approximate surface area is 214 Å². The van der Waals surface area contributed by atoms with Gasteiger partial charge in [-0.2, -0.15) is 0 Å². The number of hydrogen-bond acceptors (Lipinski definition) is 5. The first-order valence-corrected chi connectivity index (χ1v) is 13.8.